The number of halogens is 1. The second kappa shape index (κ2) is 5.36. The Labute approximate surface area is 108 Å². The Balaban J connectivity index is 1.85. The lowest BCUT2D eigenvalue weighted by Crippen LogP contribution is -2.35. The number of hydrogen-bond donors (Lipinski definition) is 0. The number of rotatable bonds is 5. The van der Waals surface area contributed by atoms with Gasteiger partial charge in [-0.25, -0.2) is 9.67 Å². The van der Waals surface area contributed by atoms with Crippen LogP contribution in [0.4, 0.5) is 0 Å². The van der Waals surface area contributed by atoms with E-state index in [1.54, 1.807) is 6.33 Å². The predicted octanol–water partition coefficient (Wildman–Crippen LogP) is 2.31. The van der Waals surface area contributed by atoms with E-state index in [0.29, 0.717) is 11.4 Å². The van der Waals surface area contributed by atoms with Gasteiger partial charge in [0.15, 0.2) is 0 Å². The molecule has 1 heterocycles. The first-order valence-electron chi connectivity index (χ1n) is 6.27. The minimum absolute atomic E-state index is 0.372. The summed E-state index contributed by atoms with van der Waals surface area (Å²) in [6.07, 6.45) is 3.95. The van der Waals surface area contributed by atoms with Gasteiger partial charge in [-0.15, -0.1) is 11.6 Å². The highest BCUT2D eigenvalue weighted by atomic mass is 35.5. The molecule has 5 heteroatoms. The van der Waals surface area contributed by atoms with Crippen LogP contribution in [0.1, 0.15) is 38.6 Å². The van der Waals surface area contributed by atoms with Crippen molar-refractivity contribution in [2.45, 2.75) is 44.7 Å². The van der Waals surface area contributed by atoms with Crippen molar-refractivity contribution in [1.82, 2.24) is 19.7 Å². The Hall–Kier alpha value is -0.610. The van der Waals surface area contributed by atoms with E-state index in [1.165, 1.54) is 0 Å². The Morgan fingerprint density at radius 2 is 2.24 bits per heavy atom. The Bertz CT molecular complexity index is 357. The molecule has 0 amide bonds. The molecule has 0 bridgehead atoms. The SMILES string of the molecule is CC(C)n1ncnc1CN(C)CC1CC(Cl)C1. The third-order valence-corrected chi connectivity index (χ3v) is 3.65. The summed E-state index contributed by atoms with van der Waals surface area (Å²) in [7, 11) is 2.14. The second-order valence-electron chi connectivity index (χ2n) is 5.35. The third-order valence-electron chi connectivity index (χ3n) is 3.30. The standard InChI is InChI=1S/C12H21ClN4/c1-9(2)17-12(14-8-15-17)7-16(3)6-10-4-11(13)5-10/h8-11H,4-7H2,1-3H3. The molecule has 1 aliphatic rings. The van der Waals surface area contributed by atoms with Gasteiger partial charge in [-0.2, -0.15) is 5.10 Å². The Morgan fingerprint density at radius 3 is 2.82 bits per heavy atom. The molecule has 2 rings (SSSR count). The summed E-state index contributed by atoms with van der Waals surface area (Å²) < 4.78 is 1.99. The Morgan fingerprint density at radius 1 is 1.53 bits per heavy atom. The first-order valence-corrected chi connectivity index (χ1v) is 6.71. The zero-order chi connectivity index (χ0) is 12.4. The topological polar surface area (TPSA) is 34.0 Å². The van der Waals surface area contributed by atoms with Crippen LogP contribution in [0, 0.1) is 5.92 Å². The van der Waals surface area contributed by atoms with Gasteiger partial charge in [0, 0.05) is 18.0 Å². The van der Waals surface area contributed by atoms with Crippen LogP contribution in [0.2, 0.25) is 0 Å². The third kappa shape index (κ3) is 3.19. The normalized spacial score (nSPS) is 24.4. The van der Waals surface area contributed by atoms with E-state index in [4.69, 9.17) is 11.6 Å². The molecule has 4 nitrogen and oxygen atoms in total. The summed E-state index contributed by atoms with van der Waals surface area (Å²) in [6.45, 7) is 6.22. The molecule has 1 aliphatic carbocycles. The minimum atomic E-state index is 0.372. The number of alkyl halides is 1. The lowest BCUT2D eigenvalue weighted by Gasteiger charge is -2.34. The lowest BCUT2D eigenvalue weighted by atomic mass is 9.84. The molecule has 0 spiro atoms. The molecule has 0 aromatic carbocycles. The first kappa shape index (κ1) is 12.8. The van der Waals surface area contributed by atoms with Crippen LogP contribution in [0.25, 0.3) is 0 Å². The fraction of sp³-hybridized carbons (Fsp3) is 0.833. The van der Waals surface area contributed by atoms with Crippen LogP contribution < -0.4 is 0 Å². The van der Waals surface area contributed by atoms with Crippen molar-refractivity contribution < 1.29 is 0 Å². The van der Waals surface area contributed by atoms with Crippen molar-refractivity contribution >= 4 is 11.6 Å². The first-order chi connectivity index (χ1) is 8.06. The molecule has 0 radical (unpaired) electrons. The van der Waals surface area contributed by atoms with Gasteiger partial charge in [-0.05, 0) is 39.7 Å². The molecule has 0 atom stereocenters. The average molecular weight is 257 g/mol. The van der Waals surface area contributed by atoms with Crippen molar-refractivity contribution in [1.29, 1.82) is 0 Å². The molecule has 0 unspecified atom stereocenters. The quantitative estimate of drug-likeness (QED) is 0.759. The van der Waals surface area contributed by atoms with E-state index in [1.807, 2.05) is 4.68 Å². The van der Waals surface area contributed by atoms with Gasteiger partial charge in [0.05, 0.1) is 6.54 Å². The van der Waals surface area contributed by atoms with Crippen LogP contribution in [0.3, 0.4) is 0 Å². The maximum atomic E-state index is 5.99. The van der Waals surface area contributed by atoms with E-state index >= 15 is 0 Å². The molecule has 0 N–H and O–H groups in total. The highest BCUT2D eigenvalue weighted by Crippen LogP contribution is 2.32. The maximum Gasteiger partial charge on any atom is 0.141 e. The molecule has 1 aromatic rings. The van der Waals surface area contributed by atoms with Crippen LogP contribution in [-0.4, -0.2) is 38.6 Å². The highest BCUT2D eigenvalue weighted by molar-refractivity contribution is 6.21. The van der Waals surface area contributed by atoms with Gasteiger partial charge in [-0.3, -0.25) is 4.90 Å². The summed E-state index contributed by atoms with van der Waals surface area (Å²) >= 11 is 5.99. The molecule has 96 valence electrons. The fourth-order valence-corrected chi connectivity index (χ4v) is 2.87. The summed E-state index contributed by atoms with van der Waals surface area (Å²) in [4.78, 5) is 6.64. The molecule has 1 saturated carbocycles. The van der Waals surface area contributed by atoms with E-state index in [2.05, 4.69) is 35.9 Å². The smallest absolute Gasteiger partial charge is 0.141 e. The van der Waals surface area contributed by atoms with Crippen LogP contribution in [0.15, 0.2) is 6.33 Å². The second-order valence-corrected chi connectivity index (χ2v) is 5.96. The molecule has 0 saturated heterocycles. The summed E-state index contributed by atoms with van der Waals surface area (Å²) in [5.74, 6) is 1.81. The summed E-state index contributed by atoms with van der Waals surface area (Å²) in [5.41, 5.74) is 0. The van der Waals surface area contributed by atoms with Crippen molar-refractivity contribution in [2.75, 3.05) is 13.6 Å². The van der Waals surface area contributed by atoms with Crippen LogP contribution in [-0.2, 0) is 6.54 Å². The molecule has 17 heavy (non-hydrogen) atoms. The van der Waals surface area contributed by atoms with Gasteiger partial charge in [0.2, 0.25) is 0 Å². The molecule has 1 aromatic heterocycles. The van der Waals surface area contributed by atoms with Gasteiger partial charge >= 0.3 is 0 Å². The van der Waals surface area contributed by atoms with E-state index in [-0.39, 0.29) is 0 Å². The van der Waals surface area contributed by atoms with Crippen molar-refractivity contribution in [3.05, 3.63) is 12.2 Å². The fourth-order valence-electron chi connectivity index (χ4n) is 2.37. The number of aromatic nitrogens is 3. The monoisotopic (exact) mass is 256 g/mol. The molecular weight excluding hydrogens is 236 g/mol. The lowest BCUT2D eigenvalue weighted by molar-refractivity contribution is 0.198. The Kier molecular flexibility index (Phi) is 4.05. The summed E-state index contributed by atoms with van der Waals surface area (Å²) in [6, 6.07) is 0.372. The van der Waals surface area contributed by atoms with Crippen LogP contribution in [0.5, 0.6) is 0 Å². The van der Waals surface area contributed by atoms with Crippen molar-refractivity contribution in [3.63, 3.8) is 0 Å². The number of nitrogens with zero attached hydrogens (tertiary/aromatic N) is 4. The van der Waals surface area contributed by atoms with Gasteiger partial charge < -0.3 is 0 Å². The van der Waals surface area contributed by atoms with Gasteiger partial charge in [-0.1, -0.05) is 0 Å². The molecule has 1 fully saturated rings. The van der Waals surface area contributed by atoms with Crippen LogP contribution >= 0.6 is 11.6 Å². The van der Waals surface area contributed by atoms with Crippen molar-refractivity contribution in [3.8, 4) is 0 Å². The predicted molar refractivity (Wildman–Crippen MR) is 69.1 cm³/mol. The van der Waals surface area contributed by atoms with E-state index < -0.39 is 0 Å². The zero-order valence-electron chi connectivity index (χ0n) is 10.8. The maximum absolute atomic E-state index is 5.99. The number of hydrogen-bond acceptors (Lipinski definition) is 3. The average Bonchev–Trinajstić information content (AvgIpc) is 2.63. The highest BCUT2D eigenvalue weighted by Gasteiger charge is 2.28. The van der Waals surface area contributed by atoms with Crippen molar-refractivity contribution in [2.24, 2.45) is 5.92 Å². The largest absolute Gasteiger partial charge is 0.299 e. The van der Waals surface area contributed by atoms with Gasteiger partial charge in [0.1, 0.15) is 12.2 Å². The molecular formula is C12H21ClN4. The minimum Gasteiger partial charge on any atom is -0.299 e. The van der Waals surface area contributed by atoms with Gasteiger partial charge in [0.25, 0.3) is 0 Å². The zero-order valence-corrected chi connectivity index (χ0v) is 11.6. The van der Waals surface area contributed by atoms with E-state index in [9.17, 15) is 0 Å². The van der Waals surface area contributed by atoms with E-state index in [0.717, 1.165) is 37.7 Å². The molecule has 0 aliphatic heterocycles. The summed E-state index contributed by atoms with van der Waals surface area (Å²) in [5, 5.41) is 4.66.